The van der Waals surface area contributed by atoms with Crippen molar-refractivity contribution in [2.45, 2.75) is 45.1 Å². The minimum Gasteiger partial charge on any atom is -0.326 e. The van der Waals surface area contributed by atoms with E-state index in [0.717, 1.165) is 36.9 Å². The number of likely N-dealkylation sites (tertiary alicyclic amines) is 1. The zero-order valence-corrected chi connectivity index (χ0v) is 17.3. The highest BCUT2D eigenvalue weighted by Gasteiger charge is 2.67. The van der Waals surface area contributed by atoms with Crippen LogP contribution in [0.15, 0.2) is 36.4 Å². The Labute approximate surface area is 176 Å². The number of nitrogens with one attached hydrogen (secondary N) is 1. The van der Waals surface area contributed by atoms with Crippen LogP contribution in [0.4, 0.5) is 5.69 Å². The van der Waals surface area contributed by atoms with Crippen LogP contribution in [0.1, 0.15) is 37.7 Å². The molecule has 5 heteroatoms. The van der Waals surface area contributed by atoms with Crippen molar-refractivity contribution in [2.75, 3.05) is 5.32 Å². The van der Waals surface area contributed by atoms with Crippen LogP contribution in [0.3, 0.4) is 0 Å². The third-order valence-electron chi connectivity index (χ3n) is 8.45. The van der Waals surface area contributed by atoms with Crippen LogP contribution in [-0.2, 0) is 14.4 Å². The molecule has 1 saturated heterocycles. The fourth-order valence-electron chi connectivity index (χ4n) is 6.82. The Hall–Kier alpha value is -2.43. The van der Waals surface area contributed by atoms with Gasteiger partial charge in [0.2, 0.25) is 17.7 Å². The smallest absolute Gasteiger partial charge is 0.233 e. The molecular formula is C25H28N2O3. The first-order chi connectivity index (χ1) is 14.5. The fraction of sp³-hybridized carbons (Fsp3) is 0.560. The summed E-state index contributed by atoms with van der Waals surface area (Å²) in [6.07, 6.45) is 8.56. The largest absolute Gasteiger partial charge is 0.326 e. The number of anilines is 1. The average Bonchev–Trinajstić information content (AvgIpc) is 3.53. The molecule has 1 heterocycles. The van der Waals surface area contributed by atoms with Crippen molar-refractivity contribution in [3.8, 4) is 0 Å². The van der Waals surface area contributed by atoms with E-state index in [-0.39, 0.29) is 53.4 Å². The van der Waals surface area contributed by atoms with Gasteiger partial charge in [0.05, 0.1) is 11.8 Å². The molecule has 6 atom stereocenters. The number of aryl methyl sites for hydroxylation is 1. The molecule has 1 N–H and O–H groups in total. The second-order valence-corrected chi connectivity index (χ2v) is 10.1. The number of rotatable bonds is 3. The summed E-state index contributed by atoms with van der Waals surface area (Å²) >= 11 is 0. The monoisotopic (exact) mass is 404 g/mol. The number of nitrogens with zero attached hydrogens (tertiary/aromatic N) is 1. The molecule has 0 radical (unpaired) electrons. The minimum atomic E-state index is -0.112. The van der Waals surface area contributed by atoms with Crippen molar-refractivity contribution >= 4 is 23.4 Å². The van der Waals surface area contributed by atoms with Crippen LogP contribution in [0.2, 0.25) is 0 Å². The molecule has 5 aliphatic carbocycles. The molecule has 3 saturated carbocycles. The van der Waals surface area contributed by atoms with E-state index in [1.54, 1.807) is 4.90 Å². The second-order valence-electron chi connectivity index (χ2n) is 10.1. The molecule has 2 bridgehead atoms. The minimum absolute atomic E-state index is 0.0326. The molecule has 30 heavy (non-hydrogen) atoms. The Balaban J connectivity index is 1.11. The molecule has 1 aliphatic heterocycles. The third-order valence-corrected chi connectivity index (χ3v) is 8.45. The van der Waals surface area contributed by atoms with Gasteiger partial charge >= 0.3 is 0 Å². The molecule has 0 unspecified atom stereocenters. The van der Waals surface area contributed by atoms with Gasteiger partial charge in [-0.05, 0) is 74.8 Å². The van der Waals surface area contributed by atoms with Crippen molar-refractivity contribution in [2.24, 2.45) is 41.4 Å². The number of carbonyl (C=O) groups is 3. The first kappa shape index (κ1) is 18.3. The van der Waals surface area contributed by atoms with Gasteiger partial charge in [-0.2, -0.15) is 0 Å². The zero-order valence-electron chi connectivity index (χ0n) is 17.3. The second kappa shape index (κ2) is 6.53. The maximum atomic E-state index is 13.3. The molecule has 6 aliphatic rings. The van der Waals surface area contributed by atoms with Crippen molar-refractivity contribution in [3.05, 3.63) is 42.0 Å². The molecule has 0 spiro atoms. The summed E-state index contributed by atoms with van der Waals surface area (Å²) in [5.41, 5.74) is 1.98. The van der Waals surface area contributed by atoms with E-state index in [0.29, 0.717) is 11.8 Å². The van der Waals surface area contributed by atoms with Crippen LogP contribution in [0, 0.1) is 48.3 Å². The Morgan fingerprint density at radius 2 is 1.47 bits per heavy atom. The van der Waals surface area contributed by atoms with Gasteiger partial charge in [-0.3, -0.25) is 19.3 Å². The maximum absolute atomic E-state index is 13.3. The molecule has 4 fully saturated rings. The van der Waals surface area contributed by atoms with Gasteiger partial charge in [0, 0.05) is 17.6 Å². The molecule has 3 amide bonds. The normalized spacial score (nSPS) is 40.9. The summed E-state index contributed by atoms with van der Waals surface area (Å²) in [6.45, 7) is 2.02. The summed E-state index contributed by atoms with van der Waals surface area (Å²) in [5.74, 6) is 1.75. The quantitative estimate of drug-likeness (QED) is 0.619. The van der Waals surface area contributed by atoms with E-state index in [2.05, 4.69) is 17.5 Å². The van der Waals surface area contributed by atoms with Crippen LogP contribution < -0.4 is 5.32 Å². The Kier molecular flexibility index (Phi) is 4.00. The summed E-state index contributed by atoms with van der Waals surface area (Å²) in [7, 11) is 0. The van der Waals surface area contributed by atoms with E-state index in [9.17, 15) is 14.4 Å². The Bertz CT molecular complexity index is 908. The van der Waals surface area contributed by atoms with Gasteiger partial charge in [-0.25, -0.2) is 0 Å². The van der Waals surface area contributed by atoms with Gasteiger partial charge < -0.3 is 5.32 Å². The topological polar surface area (TPSA) is 66.5 Å². The number of allylic oxidation sites excluding steroid dienone is 2. The maximum Gasteiger partial charge on any atom is 0.233 e. The van der Waals surface area contributed by atoms with Crippen LogP contribution in [0.5, 0.6) is 0 Å². The lowest BCUT2D eigenvalue weighted by molar-refractivity contribution is -0.144. The molecule has 0 aromatic heterocycles. The highest BCUT2D eigenvalue weighted by Crippen LogP contribution is 2.65. The van der Waals surface area contributed by atoms with Crippen molar-refractivity contribution in [3.63, 3.8) is 0 Å². The SMILES string of the molecule is Cc1ccc(NC(=O)C2CCC(N3C(=O)[C@H]4[C@@H]5C=C[C@@H]([C@H]6C[C@H]56)[C@@H]4C3=O)CC2)cc1. The van der Waals surface area contributed by atoms with Gasteiger partial charge in [0.1, 0.15) is 0 Å². The van der Waals surface area contributed by atoms with E-state index in [1.165, 1.54) is 6.42 Å². The van der Waals surface area contributed by atoms with Gasteiger partial charge in [0.25, 0.3) is 0 Å². The molecule has 7 rings (SSSR count). The van der Waals surface area contributed by atoms with Crippen molar-refractivity contribution < 1.29 is 14.4 Å². The van der Waals surface area contributed by atoms with Gasteiger partial charge in [0.15, 0.2) is 0 Å². The summed E-state index contributed by atoms with van der Waals surface area (Å²) < 4.78 is 0. The number of amides is 3. The Morgan fingerprint density at radius 3 is 2.03 bits per heavy atom. The first-order valence-corrected chi connectivity index (χ1v) is 11.5. The van der Waals surface area contributed by atoms with E-state index < -0.39 is 0 Å². The number of hydrogen-bond acceptors (Lipinski definition) is 3. The highest BCUT2D eigenvalue weighted by molar-refractivity contribution is 6.06. The predicted octanol–water partition coefficient (Wildman–Crippen LogP) is 3.55. The predicted molar refractivity (Wildman–Crippen MR) is 112 cm³/mol. The van der Waals surface area contributed by atoms with Crippen LogP contribution in [0.25, 0.3) is 0 Å². The first-order valence-electron chi connectivity index (χ1n) is 11.5. The third kappa shape index (κ3) is 2.63. The zero-order chi connectivity index (χ0) is 20.6. The number of benzene rings is 1. The van der Waals surface area contributed by atoms with Crippen molar-refractivity contribution in [1.82, 2.24) is 4.90 Å². The summed E-state index contributed by atoms with van der Waals surface area (Å²) in [6, 6.07) is 7.80. The van der Waals surface area contributed by atoms with Crippen LogP contribution >= 0.6 is 0 Å². The van der Waals surface area contributed by atoms with Gasteiger partial charge in [-0.15, -0.1) is 0 Å². The lowest BCUT2D eigenvalue weighted by atomic mass is 9.63. The molecule has 156 valence electrons. The molecule has 1 aromatic carbocycles. The summed E-state index contributed by atoms with van der Waals surface area (Å²) in [5, 5.41) is 3.02. The van der Waals surface area contributed by atoms with Crippen LogP contribution in [-0.4, -0.2) is 28.7 Å². The van der Waals surface area contributed by atoms with Crippen molar-refractivity contribution in [1.29, 1.82) is 0 Å². The average molecular weight is 405 g/mol. The Morgan fingerprint density at radius 1 is 0.900 bits per heavy atom. The molecule has 5 nitrogen and oxygen atoms in total. The molecular weight excluding hydrogens is 376 g/mol. The lowest BCUT2D eigenvalue weighted by Crippen LogP contribution is -2.44. The summed E-state index contributed by atoms with van der Waals surface area (Å²) in [4.78, 5) is 40.9. The standard InChI is InChI=1S/C25H28N2O3/c1-13-2-6-15(7-3-13)26-23(28)14-4-8-16(9-5-14)27-24(29)21-17-10-11-18(20-12-19(17)20)22(21)25(27)30/h2-3,6-7,10-11,14,16-22H,4-5,8-9,12H2,1H3,(H,26,28)/t14?,16?,17-,18+,19-,20-,21+,22+/m1/s1. The van der Waals surface area contributed by atoms with Gasteiger partial charge in [-0.1, -0.05) is 29.8 Å². The number of imide groups is 1. The molecule has 1 aromatic rings. The highest BCUT2D eigenvalue weighted by atomic mass is 16.2. The van der Waals surface area contributed by atoms with E-state index in [1.807, 2.05) is 31.2 Å². The number of hydrogen-bond donors (Lipinski definition) is 1. The van der Waals surface area contributed by atoms with E-state index in [4.69, 9.17) is 0 Å². The lowest BCUT2D eigenvalue weighted by Gasteiger charge is -2.37. The number of carbonyl (C=O) groups excluding carboxylic acids is 3. The fourth-order valence-corrected chi connectivity index (χ4v) is 6.82. The van der Waals surface area contributed by atoms with E-state index >= 15 is 0 Å².